The summed E-state index contributed by atoms with van der Waals surface area (Å²) in [6.45, 7) is 8.68. The topological polar surface area (TPSA) is 84.9 Å². The smallest absolute Gasteiger partial charge is 0.410 e. The van der Waals surface area contributed by atoms with E-state index in [1.54, 1.807) is 27.7 Å². The van der Waals surface area contributed by atoms with Crippen molar-refractivity contribution in [3.63, 3.8) is 0 Å². The average Bonchev–Trinajstić information content (AvgIpc) is 2.26. The molecule has 0 spiro atoms. The highest BCUT2D eigenvalue weighted by Crippen LogP contribution is 2.11. The summed E-state index contributed by atoms with van der Waals surface area (Å²) in [6, 6.07) is 0. The molecule has 0 radical (unpaired) electrons. The summed E-state index contributed by atoms with van der Waals surface area (Å²) in [4.78, 5) is 22.6. The normalized spacial score (nSPS) is 13.1. The Morgan fingerprint density at radius 2 is 1.78 bits per heavy atom. The molecule has 0 aromatic carbocycles. The van der Waals surface area contributed by atoms with Crippen LogP contribution in [0, 0.1) is 11.3 Å². The molecule has 106 valence electrons. The van der Waals surface area contributed by atoms with Crippen LogP contribution in [-0.4, -0.2) is 36.6 Å². The molecule has 1 atom stereocenters. The van der Waals surface area contributed by atoms with Crippen molar-refractivity contribution in [1.29, 1.82) is 0 Å². The highest BCUT2D eigenvalue weighted by molar-refractivity contribution is 5.72. The summed E-state index contributed by atoms with van der Waals surface area (Å²) in [5, 5.41) is 11.5. The second-order valence-corrected chi connectivity index (χ2v) is 5.24. The number of carbonyl (C=O) groups excluding carboxylic acids is 2. The summed E-state index contributed by atoms with van der Waals surface area (Å²) in [5.41, 5.74) is -0.420. The van der Waals surface area contributed by atoms with Crippen LogP contribution in [0.2, 0.25) is 0 Å². The number of alkyl carbamates (subject to hydrolysis) is 1. The Labute approximate surface area is 108 Å². The second kappa shape index (κ2) is 7.20. The zero-order valence-electron chi connectivity index (χ0n) is 11.6. The monoisotopic (exact) mass is 261 g/mol. The van der Waals surface area contributed by atoms with Gasteiger partial charge in [0, 0.05) is 25.5 Å². The number of esters is 1. The Morgan fingerprint density at radius 3 is 2.22 bits per heavy atom. The molecule has 0 aliphatic rings. The van der Waals surface area contributed by atoms with Crippen LogP contribution in [-0.2, 0) is 14.3 Å². The van der Waals surface area contributed by atoms with Crippen LogP contribution in [0.25, 0.3) is 0 Å². The first-order chi connectivity index (χ1) is 8.18. The Kier molecular flexibility index (Phi) is 6.68. The summed E-state index contributed by atoms with van der Waals surface area (Å²) < 4.78 is 9.71. The summed E-state index contributed by atoms with van der Waals surface area (Å²) in [6.07, 6.45) is -1.61. The molecule has 0 heterocycles. The number of carbonyl (C=O) groups is 2. The van der Waals surface area contributed by atoms with E-state index in [2.05, 4.69) is 5.32 Å². The fourth-order valence-electron chi connectivity index (χ4n) is 0.883. The van der Waals surface area contributed by atoms with Gasteiger partial charge in [0.25, 0.3) is 0 Å². The third-order valence-corrected chi connectivity index (χ3v) is 2.17. The van der Waals surface area contributed by atoms with Crippen LogP contribution in [0.5, 0.6) is 0 Å². The van der Waals surface area contributed by atoms with Gasteiger partial charge in [-0.25, -0.2) is 4.79 Å². The Hall–Kier alpha value is -1.30. The standard InChI is InChI=1S/C12H23NO5/c1-8(2)10(15)17-9(3)18-11(16)13-6-12(4,5)7-14/h8-9,14H,6-7H2,1-5H3,(H,13,16). The highest BCUT2D eigenvalue weighted by atomic mass is 16.7. The first kappa shape index (κ1) is 16.7. The van der Waals surface area contributed by atoms with Crippen molar-refractivity contribution < 1.29 is 24.2 Å². The Morgan fingerprint density at radius 1 is 1.22 bits per heavy atom. The van der Waals surface area contributed by atoms with Gasteiger partial charge < -0.3 is 19.9 Å². The third kappa shape index (κ3) is 7.11. The van der Waals surface area contributed by atoms with Crippen LogP contribution in [0.4, 0.5) is 4.79 Å². The SMILES string of the molecule is CC(OC(=O)NCC(C)(C)CO)OC(=O)C(C)C. The molecule has 0 saturated carbocycles. The van der Waals surface area contributed by atoms with Crippen LogP contribution in [0.1, 0.15) is 34.6 Å². The minimum Gasteiger partial charge on any atom is -0.425 e. The fraction of sp³-hybridized carbons (Fsp3) is 0.833. The van der Waals surface area contributed by atoms with Crippen LogP contribution in [0.3, 0.4) is 0 Å². The van der Waals surface area contributed by atoms with Crippen LogP contribution in [0.15, 0.2) is 0 Å². The van der Waals surface area contributed by atoms with Crippen molar-refractivity contribution in [2.45, 2.75) is 40.9 Å². The number of hydrogen-bond acceptors (Lipinski definition) is 5. The van der Waals surface area contributed by atoms with Gasteiger partial charge in [0.2, 0.25) is 6.29 Å². The minimum absolute atomic E-state index is 0.0504. The fourth-order valence-corrected chi connectivity index (χ4v) is 0.883. The summed E-state index contributed by atoms with van der Waals surface area (Å²) in [5.74, 6) is -0.696. The minimum atomic E-state index is -0.933. The maximum absolute atomic E-state index is 11.4. The summed E-state index contributed by atoms with van der Waals surface area (Å²) in [7, 11) is 0. The molecule has 6 nitrogen and oxygen atoms in total. The van der Waals surface area contributed by atoms with Gasteiger partial charge in [0.15, 0.2) is 0 Å². The van der Waals surface area contributed by atoms with Crippen molar-refractivity contribution in [3.8, 4) is 0 Å². The molecule has 1 amide bonds. The van der Waals surface area contributed by atoms with Crippen molar-refractivity contribution in [3.05, 3.63) is 0 Å². The van der Waals surface area contributed by atoms with E-state index in [4.69, 9.17) is 14.6 Å². The number of ether oxygens (including phenoxy) is 2. The van der Waals surface area contributed by atoms with E-state index < -0.39 is 23.8 Å². The second-order valence-electron chi connectivity index (χ2n) is 5.24. The van der Waals surface area contributed by atoms with E-state index in [1.165, 1.54) is 6.92 Å². The maximum Gasteiger partial charge on any atom is 0.410 e. The van der Waals surface area contributed by atoms with Gasteiger partial charge in [-0.05, 0) is 0 Å². The molecule has 0 saturated heterocycles. The Bertz CT molecular complexity index is 288. The summed E-state index contributed by atoms with van der Waals surface area (Å²) >= 11 is 0. The lowest BCUT2D eigenvalue weighted by molar-refractivity contribution is -0.168. The molecular formula is C12H23NO5. The first-order valence-corrected chi connectivity index (χ1v) is 5.94. The average molecular weight is 261 g/mol. The van der Waals surface area contributed by atoms with Crippen LogP contribution < -0.4 is 5.32 Å². The molecule has 18 heavy (non-hydrogen) atoms. The molecule has 2 N–H and O–H groups in total. The van der Waals surface area contributed by atoms with Gasteiger partial charge >= 0.3 is 12.1 Å². The number of nitrogens with one attached hydrogen (secondary N) is 1. The lowest BCUT2D eigenvalue weighted by atomic mass is 9.95. The number of rotatable bonds is 6. The number of amides is 1. The molecule has 0 aliphatic carbocycles. The van der Waals surface area contributed by atoms with Gasteiger partial charge in [-0.2, -0.15) is 0 Å². The van der Waals surface area contributed by atoms with Gasteiger partial charge in [-0.15, -0.1) is 0 Å². The van der Waals surface area contributed by atoms with Crippen molar-refractivity contribution >= 4 is 12.1 Å². The van der Waals surface area contributed by atoms with E-state index in [-0.39, 0.29) is 19.1 Å². The van der Waals surface area contributed by atoms with Crippen molar-refractivity contribution in [2.75, 3.05) is 13.2 Å². The van der Waals surface area contributed by atoms with E-state index in [1.807, 2.05) is 0 Å². The quantitative estimate of drug-likeness (QED) is 0.555. The zero-order valence-corrected chi connectivity index (χ0v) is 11.6. The van der Waals surface area contributed by atoms with Crippen molar-refractivity contribution in [2.24, 2.45) is 11.3 Å². The maximum atomic E-state index is 11.4. The molecule has 1 unspecified atom stereocenters. The molecule has 0 aromatic heterocycles. The molecule has 6 heteroatoms. The largest absolute Gasteiger partial charge is 0.425 e. The predicted octanol–water partition coefficient (Wildman–Crippen LogP) is 1.28. The molecule has 0 rings (SSSR count). The van der Waals surface area contributed by atoms with E-state index >= 15 is 0 Å². The Balaban J connectivity index is 3.98. The molecule has 0 aromatic rings. The third-order valence-electron chi connectivity index (χ3n) is 2.17. The predicted molar refractivity (Wildman–Crippen MR) is 65.7 cm³/mol. The molecule has 0 bridgehead atoms. The van der Waals surface area contributed by atoms with Crippen molar-refractivity contribution in [1.82, 2.24) is 5.32 Å². The highest BCUT2D eigenvalue weighted by Gasteiger charge is 2.20. The van der Waals surface area contributed by atoms with Gasteiger partial charge in [0.1, 0.15) is 0 Å². The van der Waals surface area contributed by atoms with E-state index in [0.29, 0.717) is 0 Å². The number of aliphatic hydroxyl groups excluding tert-OH is 1. The van der Waals surface area contributed by atoms with E-state index in [0.717, 1.165) is 0 Å². The molecule has 0 aliphatic heterocycles. The van der Waals surface area contributed by atoms with E-state index in [9.17, 15) is 9.59 Å². The van der Waals surface area contributed by atoms with Gasteiger partial charge in [0.05, 0.1) is 5.92 Å². The van der Waals surface area contributed by atoms with Gasteiger partial charge in [-0.1, -0.05) is 27.7 Å². The lowest BCUT2D eigenvalue weighted by Crippen LogP contribution is -2.38. The lowest BCUT2D eigenvalue weighted by Gasteiger charge is -2.22. The molecular weight excluding hydrogens is 238 g/mol. The molecule has 0 fully saturated rings. The number of hydrogen-bond donors (Lipinski definition) is 2. The first-order valence-electron chi connectivity index (χ1n) is 5.94. The van der Waals surface area contributed by atoms with Gasteiger partial charge in [-0.3, -0.25) is 4.79 Å². The van der Waals surface area contributed by atoms with Crippen LogP contribution >= 0.6 is 0 Å². The number of aliphatic hydroxyl groups is 1. The zero-order chi connectivity index (χ0) is 14.3.